The summed E-state index contributed by atoms with van der Waals surface area (Å²) in [4.78, 5) is 2.39. The van der Waals surface area contributed by atoms with Gasteiger partial charge < -0.3 is 9.64 Å². The van der Waals surface area contributed by atoms with Crippen LogP contribution >= 0.6 is 0 Å². The maximum atomic E-state index is 7.22. The maximum Gasteiger partial charge on any atom is 0.140 e. The Morgan fingerprint density at radius 2 is 0.692 bits per heavy atom. The summed E-state index contributed by atoms with van der Waals surface area (Å²) in [6.07, 6.45) is 0. The van der Waals surface area contributed by atoms with Crippen LogP contribution < -0.4 is 9.64 Å². The van der Waals surface area contributed by atoms with Crippen LogP contribution in [0.25, 0.3) is 66.1 Å². The number of para-hydroxylation sites is 1. The van der Waals surface area contributed by atoms with Crippen LogP contribution in [0.2, 0.25) is 0 Å². The van der Waals surface area contributed by atoms with Crippen molar-refractivity contribution in [1.29, 1.82) is 0 Å². The molecule has 0 bridgehead atoms. The number of hydrogen-bond donors (Lipinski definition) is 0. The Balaban J connectivity index is 0.937. The summed E-state index contributed by atoms with van der Waals surface area (Å²) >= 11 is 0. The van der Waals surface area contributed by atoms with Crippen molar-refractivity contribution in [2.75, 3.05) is 4.90 Å². The fourth-order valence-electron chi connectivity index (χ4n) is 10.7. The minimum atomic E-state index is -0.638. The molecule has 0 radical (unpaired) electrons. The summed E-state index contributed by atoms with van der Waals surface area (Å²) in [5, 5.41) is 4.55. The lowest BCUT2D eigenvalue weighted by atomic mass is 9.65. The first-order valence-corrected chi connectivity index (χ1v) is 22.4. The van der Waals surface area contributed by atoms with Gasteiger partial charge in [0.25, 0.3) is 0 Å². The molecule has 13 rings (SSSR count). The first-order chi connectivity index (χ1) is 32.2. The van der Waals surface area contributed by atoms with Crippen molar-refractivity contribution in [3.05, 3.63) is 271 Å². The van der Waals surface area contributed by atoms with Crippen molar-refractivity contribution in [2.24, 2.45) is 0 Å². The molecule has 1 aliphatic carbocycles. The van der Waals surface area contributed by atoms with E-state index in [0.717, 1.165) is 61.2 Å². The molecule has 0 N–H and O–H groups in total. The third-order valence-corrected chi connectivity index (χ3v) is 13.7. The zero-order valence-corrected chi connectivity index (χ0v) is 35.5. The Labute approximate surface area is 378 Å². The minimum Gasteiger partial charge on any atom is -0.455 e. The molecule has 2 aliphatic rings. The highest BCUT2D eigenvalue weighted by Gasteiger charge is 2.52. The molecule has 0 saturated heterocycles. The molecule has 65 heavy (non-hydrogen) atoms. The van der Waals surface area contributed by atoms with E-state index in [-0.39, 0.29) is 0 Å². The van der Waals surface area contributed by atoms with Crippen LogP contribution in [0.15, 0.2) is 249 Å². The Bertz CT molecular complexity index is 3510. The Hall–Kier alpha value is -8.46. The molecule has 1 heterocycles. The lowest BCUT2D eigenvalue weighted by molar-refractivity contribution is 0.447. The van der Waals surface area contributed by atoms with Crippen LogP contribution in [0.4, 0.5) is 17.1 Å². The summed E-state index contributed by atoms with van der Waals surface area (Å²) in [7, 11) is 0. The van der Waals surface area contributed by atoms with Crippen LogP contribution in [0.3, 0.4) is 0 Å². The Morgan fingerprint density at radius 1 is 0.277 bits per heavy atom. The Kier molecular flexibility index (Phi) is 8.47. The molecular weight excluding hydrogens is 787 g/mol. The highest BCUT2D eigenvalue weighted by Crippen LogP contribution is 2.64. The minimum absolute atomic E-state index is 0.638. The summed E-state index contributed by atoms with van der Waals surface area (Å²) < 4.78 is 7.22. The molecular formula is C63H41NO. The molecule has 0 unspecified atom stereocenters. The van der Waals surface area contributed by atoms with E-state index >= 15 is 0 Å². The average molecular weight is 828 g/mol. The first-order valence-electron chi connectivity index (χ1n) is 22.4. The van der Waals surface area contributed by atoms with Gasteiger partial charge in [0.2, 0.25) is 0 Å². The van der Waals surface area contributed by atoms with Gasteiger partial charge in [0.15, 0.2) is 0 Å². The van der Waals surface area contributed by atoms with E-state index in [2.05, 4.69) is 254 Å². The highest BCUT2D eigenvalue weighted by atomic mass is 16.5. The van der Waals surface area contributed by atoms with E-state index in [0.29, 0.717) is 0 Å². The van der Waals surface area contributed by atoms with Gasteiger partial charge in [-0.3, -0.25) is 0 Å². The number of benzene rings is 11. The van der Waals surface area contributed by atoms with Gasteiger partial charge in [-0.1, -0.05) is 212 Å². The molecule has 2 heteroatoms. The van der Waals surface area contributed by atoms with E-state index in [1.165, 1.54) is 55.6 Å². The van der Waals surface area contributed by atoms with E-state index < -0.39 is 5.41 Å². The fourth-order valence-corrected chi connectivity index (χ4v) is 10.7. The molecule has 11 aromatic rings. The number of ether oxygens (including phenoxy) is 1. The second-order valence-corrected chi connectivity index (χ2v) is 17.2. The van der Waals surface area contributed by atoms with E-state index in [1.54, 1.807) is 0 Å². The second-order valence-electron chi connectivity index (χ2n) is 17.2. The monoisotopic (exact) mass is 827 g/mol. The van der Waals surface area contributed by atoms with Gasteiger partial charge in [0, 0.05) is 39.0 Å². The molecule has 0 fully saturated rings. The van der Waals surface area contributed by atoms with Gasteiger partial charge in [-0.15, -0.1) is 0 Å². The van der Waals surface area contributed by atoms with Crippen molar-refractivity contribution in [2.45, 2.75) is 5.41 Å². The van der Waals surface area contributed by atoms with Gasteiger partial charge in [-0.05, 0) is 103 Å². The lowest BCUT2D eigenvalue weighted by Gasteiger charge is -2.40. The standard InChI is InChI=1S/C63H41NO/c1-3-13-42(14-4-1)43-23-25-44(26-24-43)45-27-29-46(30-28-45)47-31-35-51(36-32-47)64(50-17-5-2-6-18-50)52-37-38-56-55-21-11-12-22-57(55)63(60(56)41-52)58-39-33-48-15-7-9-19-53(48)61(58)65-62-54-20-10-8-16-49(54)34-40-59(62)63/h1-41H. The summed E-state index contributed by atoms with van der Waals surface area (Å²) in [6, 6.07) is 90.6. The van der Waals surface area contributed by atoms with Crippen molar-refractivity contribution in [1.82, 2.24) is 0 Å². The van der Waals surface area contributed by atoms with Crippen molar-refractivity contribution < 1.29 is 4.74 Å². The highest BCUT2D eigenvalue weighted by molar-refractivity contribution is 6.00. The topological polar surface area (TPSA) is 12.5 Å². The summed E-state index contributed by atoms with van der Waals surface area (Å²) in [5.74, 6) is 1.84. The molecule has 0 atom stereocenters. The Morgan fingerprint density at radius 3 is 1.26 bits per heavy atom. The summed E-state index contributed by atoms with van der Waals surface area (Å²) in [6.45, 7) is 0. The lowest BCUT2D eigenvalue weighted by Crippen LogP contribution is -2.32. The van der Waals surface area contributed by atoms with Crippen molar-refractivity contribution in [3.63, 3.8) is 0 Å². The van der Waals surface area contributed by atoms with Gasteiger partial charge >= 0.3 is 0 Å². The van der Waals surface area contributed by atoms with Crippen LogP contribution in [0.1, 0.15) is 22.3 Å². The first kappa shape index (κ1) is 37.1. The van der Waals surface area contributed by atoms with E-state index in [1.807, 2.05) is 0 Å². The molecule has 1 spiro atoms. The van der Waals surface area contributed by atoms with Crippen LogP contribution in [0, 0.1) is 0 Å². The fraction of sp³-hybridized carbons (Fsp3) is 0.0159. The van der Waals surface area contributed by atoms with Gasteiger partial charge in [-0.25, -0.2) is 0 Å². The summed E-state index contributed by atoms with van der Waals surface area (Å²) in [5.41, 5.74) is 17.2. The van der Waals surface area contributed by atoms with E-state index in [4.69, 9.17) is 4.74 Å². The average Bonchev–Trinajstić information content (AvgIpc) is 3.67. The third kappa shape index (κ3) is 5.81. The zero-order valence-electron chi connectivity index (χ0n) is 35.5. The molecule has 0 aromatic heterocycles. The normalized spacial score (nSPS) is 12.9. The number of rotatable bonds is 6. The number of fused-ring (bicyclic) bond motifs is 13. The number of nitrogens with zero attached hydrogens (tertiary/aromatic N) is 1. The van der Waals surface area contributed by atoms with E-state index in [9.17, 15) is 0 Å². The number of anilines is 3. The van der Waals surface area contributed by atoms with Crippen LogP contribution in [-0.2, 0) is 5.41 Å². The molecule has 0 amide bonds. The zero-order chi connectivity index (χ0) is 42.9. The molecule has 1 aliphatic heterocycles. The predicted octanol–water partition coefficient (Wildman–Crippen LogP) is 16.9. The predicted molar refractivity (Wildman–Crippen MR) is 270 cm³/mol. The molecule has 0 saturated carbocycles. The van der Waals surface area contributed by atoms with Crippen LogP contribution in [-0.4, -0.2) is 0 Å². The quantitative estimate of drug-likeness (QED) is 0.166. The maximum absolute atomic E-state index is 7.22. The second kappa shape index (κ2) is 14.8. The molecule has 304 valence electrons. The van der Waals surface area contributed by atoms with Gasteiger partial charge in [0.1, 0.15) is 11.5 Å². The third-order valence-electron chi connectivity index (χ3n) is 13.7. The van der Waals surface area contributed by atoms with Gasteiger partial charge in [0.05, 0.1) is 5.41 Å². The largest absolute Gasteiger partial charge is 0.455 e. The SMILES string of the molecule is c1ccc(-c2ccc(-c3ccc(-c4ccc(N(c5ccccc5)c5ccc6c(c5)C5(c7ccccc7-6)c6ccc7ccccc7c6Oc6c5ccc5ccccc65)cc4)cc3)cc2)cc1. The molecule has 11 aromatic carbocycles. The van der Waals surface area contributed by atoms with Gasteiger partial charge in [-0.2, -0.15) is 0 Å². The van der Waals surface area contributed by atoms with Crippen LogP contribution in [0.5, 0.6) is 11.5 Å². The van der Waals surface area contributed by atoms with Crippen molar-refractivity contribution >= 4 is 38.6 Å². The smallest absolute Gasteiger partial charge is 0.140 e. The van der Waals surface area contributed by atoms with Crippen molar-refractivity contribution in [3.8, 4) is 56.0 Å². The number of hydrogen-bond acceptors (Lipinski definition) is 2. The molecule has 2 nitrogen and oxygen atoms in total.